The predicted molar refractivity (Wildman–Crippen MR) is 42.1 cm³/mol. The van der Waals surface area contributed by atoms with Crippen LogP contribution in [-0.2, 0) is 0 Å². The molecule has 3 heteroatoms. The summed E-state index contributed by atoms with van der Waals surface area (Å²) in [7, 11) is 0. The van der Waals surface area contributed by atoms with Gasteiger partial charge in [-0.25, -0.2) is 9.55 Å². The Morgan fingerprint density at radius 2 is 2.27 bits per heavy atom. The van der Waals surface area contributed by atoms with Crippen molar-refractivity contribution in [2.45, 2.75) is 26.7 Å². The normalized spacial score (nSPS) is 10.1. The molecule has 11 heavy (non-hydrogen) atoms. The Morgan fingerprint density at radius 1 is 1.64 bits per heavy atom. The van der Waals surface area contributed by atoms with Crippen LogP contribution in [0.3, 0.4) is 0 Å². The minimum absolute atomic E-state index is 0.309. The molecular formula is C8H11N3. The highest BCUT2D eigenvalue weighted by Crippen LogP contribution is 2.12. The molecule has 0 unspecified atom stereocenters. The Bertz CT molecular complexity index is 291. The third-order valence-electron chi connectivity index (χ3n) is 1.48. The molecule has 3 nitrogen and oxygen atoms in total. The van der Waals surface area contributed by atoms with Crippen LogP contribution in [0.25, 0.3) is 0 Å². The maximum atomic E-state index is 8.65. The molecule has 1 heterocycles. The SMILES string of the molecule is Cc1cn(C#N)c(C(C)C)n1. The van der Waals surface area contributed by atoms with Gasteiger partial charge in [0.25, 0.3) is 0 Å². The van der Waals surface area contributed by atoms with Crippen LogP contribution in [-0.4, -0.2) is 9.55 Å². The largest absolute Gasteiger partial charge is 0.240 e. The molecule has 58 valence electrons. The van der Waals surface area contributed by atoms with Gasteiger partial charge in [0.1, 0.15) is 5.82 Å². The molecule has 0 atom stereocenters. The molecule has 0 saturated heterocycles. The summed E-state index contributed by atoms with van der Waals surface area (Å²) in [5, 5.41) is 8.65. The lowest BCUT2D eigenvalue weighted by Crippen LogP contribution is -1.98. The summed E-state index contributed by atoms with van der Waals surface area (Å²) >= 11 is 0. The minimum atomic E-state index is 0.309. The standard InChI is InChI=1S/C8H11N3/c1-6(2)8-10-7(3)4-11(8)5-9/h4,6H,1-3H3. The van der Waals surface area contributed by atoms with E-state index >= 15 is 0 Å². The van der Waals surface area contributed by atoms with E-state index in [4.69, 9.17) is 5.26 Å². The van der Waals surface area contributed by atoms with Gasteiger partial charge in [-0.1, -0.05) is 13.8 Å². The highest BCUT2D eigenvalue weighted by molar-refractivity contribution is 5.10. The molecule has 0 fully saturated rings. The van der Waals surface area contributed by atoms with E-state index in [0.717, 1.165) is 11.5 Å². The monoisotopic (exact) mass is 149 g/mol. The second-order valence-electron chi connectivity index (χ2n) is 2.87. The van der Waals surface area contributed by atoms with Gasteiger partial charge in [0.05, 0.1) is 5.69 Å². The molecule has 0 N–H and O–H groups in total. The van der Waals surface area contributed by atoms with Crippen LogP contribution < -0.4 is 0 Å². The van der Waals surface area contributed by atoms with Crippen LogP contribution in [0.15, 0.2) is 6.20 Å². The van der Waals surface area contributed by atoms with E-state index in [-0.39, 0.29) is 0 Å². The van der Waals surface area contributed by atoms with E-state index in [1.807, 2.05) is 20.8 Å². The number of nitrogens with zero attached hydrogens (tertiary/aromatic N) is 3. The van der Waals surface area contributed by atoms with Crippen molar-refractivity contribution in [3.63, 3.8) is 0 Å². The van der Waals surface area contributed by atoms with Gasteiger partial charge >= 0.3 is 0 Å². The molecule has 0 aliphatic heterocycles. The van der Waals surface area contributed by atoms with E-state index in [0.29, 0.717) is 5.92 Å². The molecule has 1 aromatic rings. The topological polar surface area (TPSA) is 41.6 Å². The Balaban J connectivity index is 3.15. The first kappa shape index (κ1) is 7.80. The number of aryl methyl sites for hydroxylation is 1. The van der Waals surface area contributed by atoms with Gasteiger partial charge in [-0.2, -0.15) is 5.26 Å². The van der Waals surface area contributed by atoms with Gasteiger partial charge in [0, 0.05) is 12.1 Å². The van der Waals surface area contributed by atoms with Crippen molar-refractivity contribution in [3.8, 4) is 6.19 Å². The molecule has 0 aliphatic carbocycles. The second-order valence-corrected chi connectivity index (χ2v) is 2.87. The Kier molecular flexibility index (Phi) is 1.95. The first-order valence-corrected chi connectivity index (χ1v) is 3.61. The lowest BCUT2D eigenvalue weighted by molar-refractivity contribution is 0.755. The molecule has 0 aliphatic rings. The van der Waals surface area contributed by atoms with Gasteiger partial charge in [0.2, 0.25) is 0 Å². The van der Waals surface area contributed by atoms with Crippen LogP contribution >= 0.6 is 0 Å². The molecule has 0 spiro atoms. The number of hydrogen-bond acceptors (Lipinski definition) is 2. The number of aromatic nitrogens is 2. The van der Waals surface area contributed by atoms with Gasteiger partial charge in [-0.05, 0) is 6.92 Å². The predicted octanol–water partition coefficient (Wildman–Crippen LogP) is 1.64. The summed E-state index contributed by atoms with van der Waals surface area (Å²) in [4.78, 5) is 4.22. The van der Waals surface area contributed by atoms with Gasteiger partial charge in [-0.15, -0.1) is 0 Å². The zero-order valence-electron chi connectivity index (χ0n) is 7.00. The third-order valence-corrected chi connectivity index (χ3v) is 1.48. The quantitative estimate of drug-likeness (QED) is 0.609. The lowest BCUT2D eigenvalue weighted by atomic mass is 10.2. The molecule has 1 rings (SSSR count). The number of rotatable bonds is 1. The van der Waals surface area contributed by atoms with E-state index in [1.54, 1.807) is 6.20 Å². The summed E-state index contributed by atoms with van der Waals surface area (Å²) in [6, 6.07) is 0. The van der Waals surface area contributed by atoms with Gasteiger partial charge in [-0.3, -0.25) is 0 Å². The average Bonchev–Trinajstić information content (AvgIpc) is 2.30. The maximum absolute atomic E-state index is 8.65. The number of hydrogen-bond donors (Lipinski definition) is 0. The highest BCUT2D eigenvalue weighted by Gasteiger charge is 2.07. The minimum Gasteiger partial charge on any atom is -0.240 e. The van der Waals surface area contributed by atoms with Crippen LogP contribution in [0, 0.1) is 18.4 Å². The number of nitriles is 1. The summed E-state index contributed by atoms with van der Waals surface area (Å²) in [5.74, 6) is 1.15. The van der Waals surface area contributed by atoms with E-state index < -0.39 is 0 Å². The van der Waals surface area contributed by atoms with Gasteiger partial charge in [0.15, 0.2) is 6.19 Å². The van der Waals surface area contributed by atoms with E-state index in [2.05, 4.69) is 11.2 Å². The van der Waals surface area contributed by atoms with Crippen LogP contribution in [0.2, 0.25) is 0 Å². The first-order valence-electron chi connectivity index (χ1n) is 3.61. The molecule has 0 amide bonds. The van der Waals surface area contributed by atoms with Crippen molar-refractivity contribution in [3.05, 3.63) is 17.7 Å². The first-order chi connectivity index (χ1) is 5.15. The fourth-order valence-electron chi connectivity index (χ4n) is 1.00. The molecule has 0 aromatic carbocycles. The number of imidazole rings is 1. The molecule has 0 bridgehead atoms. The maximum Gasteiger partial charge on any atom is 0.189 e. The Labute approximate surface area is 66.3 Å². The zero-order valence-corrected chi connectivity index (χ0v) is 7.00. The highest BCUT2D eigenvalue weighted by atomic mass is 15.1. The lowest BCUT2D eigenvalue weighted by Gasteiger charge is -2.00. The van der Waals surface area contributed by atoms with Gasteiger partial charge < -0.3 is 0 Å². The fraction of sp³-hybridized carbons (Fsp3) is 0.500. The van der Waals surface area contributed by atoms with Crippen molar-refractivity contribution in [1.29, 1.82) is 5.26 Å². The van der Waals surface area contributed by atoms with E-state index in [9.17, 15) is 0 Å². The van der Waals surface area contributed by atoms with Crippen molar-refractivity contribution < 1.29 is 0 Å². The van der Waals surface area contributed by atoms with Crippen molar-refractivity contribution >= 4 is 0 Å². The molecule has 1 aromatic heterocycles. The smallest absolute Gasteiger partial charge is 0.189 e. The second kappa shape index (κ2) is 2.75. The van der Waals surface area contributed by atoms with Crippen LogP contribution in [0.5, 0.6) is 0 Å². The van der Waals surface area contributed by atoms with Crippen LogP contribution in [0.4, 0.5) is 0 Å². The summed E-state index contributed by atoms with van der Waals surface area (Å²) in [5.41, 5.74) is 0.898. The molecule has 0 saturated carbocycles. The average molecular weight is 149 g/mol. The molecule has 0 radical (unpaired) electrons. The van der Waals surface area contributed by atoms with Crippen molar-refractivity contribution in [1.82, 2.24) is 9.55 Å². The summed E-state index contributed by atoms with van der Waals surface area (Å²) < 4.78 is 1.51. The van der Waals surface area contributed by atoms with E-state index in [1.165, 1.54) is 4.57 Å². The third kappa shape index (κ3) is 1.40. The Hall–Kier alpha value is -1.30. The Morgan fingerprint density at radius 3 is 2.64 bits per heavy atom. The fourth-order valence-corrected chi connectivity index (χ4v) is 1.00. The zero-order chi connectivity index (χ0) is 8.43. The summed E-state index contributed by atoms with van der Waals surface area (Å²) in [6.07, 6.45) is 3.80. The van der Waals surface area contributed by atoms with Crippen molar-refractivity contribution in [2.24, 2.45) is 0 Å². The van der Waals surface area contributed by atoms with Crippen LogP contribution in [0.1, 0.15) is 31.3 Å². The molecular weight excluding hydrogens is 138 g/mol. The summed E-state index contributed by atoms with van der Waals surface area (Å²) in [6.45, 7) is 5.94. The van der Waals surface area contributed by atoms with Crippen molar-refractivity contribution in [2.75, 3.05) is 0 Å².